The van der Waals surface area contributed by atoms with Crippen LogP contribution in [-0.4, -0.2) is 18.9 Å². The number of benzene rings is 2. The molecule has 0 saturated heterocycles. The number of carbonyl (C=O) groups is 2. The summed E-state index contributed by atoms with van der Waals surface area (Å²) < 4.78 is 40.1. The van der Waals surface area contributed by atoms with Crippen LogP contribution in [0.2, 0.25) is 0 Å². The molecule has 0 heterocycles. The predicted molar refractivity (Wildman–Crippen MR) is 124 cm³/mol. The zero-order valence-electron chi connectivity index (χ0n) is 19.7. The van der Waals surface area contributed by atoms with Gasteiger partial charge in [0.05, 0.1) is 5.56 Å². The maximum absolute atomic E-state index is 13.4. The van der Waals surface area contributed by atoms with E-state index in [0.717, 1.165) is 41.8 Å². The summed E-state index contributed by atoms with van der Waals surface area (Å²) in [5, 5.41) is 2.66. The van der Waals surface area contributed by atoms with Crippen LogP contribution in [0.1, 0.15) is 61.3 Å². The lowest BCUT2D eigenvalue weighted by Crippen LogP contribution is -2.40. The Labute approximate surface area is 193 Å². The average molecular weight is 461 g/mol. The molecule has 1 N–H and O–H groups in total. The van der Waals surface area contributed by atoms with Crippen molar-refractivity contribution in [1.29, 1.82) is 0 Å². The van der Waals surface area contributed by atoms with Gasteiger partial charge in [-0.2, -0.15) is 13.2 Å². The third-order valence-electron chi connectivity index (χ3n) is 6.47. The highest BCUT2D eigenvalue weighted by atomic mass is 19.4. The Morgan fingerprint density at radius 1 is 1.12 bits per heavy atom. The van der Waals surface area contributed by atoms with Gasteiger partial charge in [-0.05, 0) is 73.9 Å². The Hall–Kier alpha value is -2.83. The molecule has 1 aliphatic rings. The van der Waals surface area contributed by atoms with Gasteiger partial charge in [0.15, 0.2) is 0 Å². The molecule has 2 aromatic carbocycles. The van der Waals surface area contributed by atoms with Crippen molar-refractivity contribution in [3.8, 4) is 0 Å². The minimum Gasteiger partial charge on any atom is -0.326 e. The first-order valence-electron chi connectivity index (χ1n) is 11.3. The minimum absolute atomic E-state index is 0.108. The summed E-state index contributed by atoms with van der Waals surface area (Å²) in [4.78, 5) is 27.9. The molecular formula is C26H31F3N2O2. The van der Waals surface area contributed by atoms with Crippen LogP contribution in [0.4, 0.5) is 24.5 Å². The molecule has 0 aliphatic heterocycles. The first-order valence-corrected chi connectivity index (χ1v) is 11.3. The number of aryl methyl sites for hydroxylation is 2. The van der Waals surface area contributed by atoms with E-state index in [-0.39, 0.29) is 17.5 Å². The Morgan fingerprint density at radius 3 is 2.24 bits per heavy atom. The number of alkyl halides is 3. The van der Waals surface area contributed by atoms with Crippen molar-refractivity contribution in [3.05, 3.63) is 58.7 Å². The van der Waals surface area contributed by atoms with E-state index in [1.165, 1.54) is 0 Å². The molecule has 2 aromatic rings. The summed E-state index contributed by atoms with van der Waals surface area (Å²) in [6.45, 7) is 7.34. The van der Waals surface area contributed by atoms with Gasteiger partial charge in [0.25, 0.3) is 0 Å². The highest BCUT2D eigenvalue weighted by molar-refractivity contribution is 6.01. The van der Waals surface area contributed by atoms with E-state index < -0.39 is 29.5 Å². The van der Waals surface area contributed by atoms with E-state index in [2.05, 4.69) is 5.32 Å². The molecule has 1 fully saturated rings. The van der Waals surface area contributed by atoms with Crippen molar-refractivity contribution in [3.63, 3.8) is 0 Å². The van der Waals surface area contributed by atoms with Gasteiger partial charge in [0.1, 0.15) is 0 Å². The lowest BCUT2D eigenvalue weighted by atomic mass is 9.89. The van der Waals surface area contributed by atoms with E-state index in [1.807, 2.05) is 32.0 Å². The van der Waals surface area contributed by atoms with Crippen molar-refractivity contribution in [2.45, 2.75) is 59.1 Å². The van der Waals surface area contributed by atoms with Gasteiger partial charge < -0.3 is 10.2 Å². The molecule has 4 nitrogen and oxygen atoms in total. The van der Waals surface area contributed by atoms with Crippen LogP contribution in [0.3, 0.4) is 0 Å². The quantitative estimate of drug-likeness (QED) is 0.515. The van der Waals surface area contributed by atoms with Crippen LogP contribution in [0, 0.1) is 25.7 Å². The van der Waals surface area contributed by atoms with Gasteiger partial charge in [-0.15, -0.1) is 0 Å². The Bertz CT molecular complexity index is 1020. The van der Waals surface area contributed by atoms with E-state index in [4.69, 9.17) is 0 Å². The van der Waals surface area contributed by atoms with E-state index in [1.54, 1.807) is 31.9 Å². The predicted octanol–water partition coefficient (Wildman–Crippen LogP) is 6.46. The van der Waals surface area contributed by atoms with Crippen LogP contribution in [0.25, 0.3) is 0 Å². The molecule has 0 bridgehead atoms. The van der Waals surface area contributed by atoms with E-state index in [9.17, 15) is 22.8 Å². The van der Waals surface area contributed by atoms with Crippen LogP contribution in [0.15, 0.2) is 36.4 Å². The molecule has 2 atom stereocenters. The van der Waals surface area contributed by atoms with Crippen molar-refractivity contribution >= 4 is 23.2 Å². The number of nitrogens with zero attached hydrogens (tertiary/aromatic N) is 1. The van der Waals surface area contributed by atoms with E-state index in [0.29, 0.717) is 12.0 Å². The molecule has 33 heavy (non-hydrogen) atoms. The van der Waals surface area contributed by atoms with Crippen LogP contribution in [-0.2, 0) is 15.8 Å². The number of hydrogen-bond acceptors (Lipinski definition) is 2. The zero-order chi connectivity index (χ0) is 24.5. The van der Waals surface area contributed by atoms with Gasteiger partial charge in [0, 0.05) is 30.3 Å². The zero-order valence-corrected chi connectivity index (χ0v) is 19.7. The van der Waals surface area contributed by atoms with Gasteiger partial charge in [-0.25, -0.2) is 0 Å². The number of carbonyl (C=O) groups excluding carboxylic acids is 2. The number of nitrogens with one attached hydrogen (secondary N) is 1. The van der Waals surface area contributed by atoms with E-state index >= 15 is 0 Å². The van der Waals surface area contributed by atoms with Crippen LogP contribution < -0.4 is 10.2 Å². The Morgan fingerprint density at radius 2 is 1.73 bits per heavy atom. The van der Waals surface area contributed by atoms with Crippen LogP contribution >= 0.6 is 0 Å². The molecule has 2 amide bonds. The minimum atomic E-state index is -4.49. The number of hydrogen-bond donors (Lipinski definition) is 1. The molecule has 178 valence electrons. The maximum atomic E-state index is 13.4. The molecule has 3 rings (SSSR count). The first kappa shape index (κ1) is 24.8. The van der Waals surface area contributed by atoms with Gasteiger partial charge in [0.2, 0.25) is 11.8 Å². The summed E-state index contributed by atoms with van der Waals surface area (Å²) in [6.07, 6.45) is -2.41. The number of halogens is 3. The number of anilines is 2. The number of rotatable bonds is 7. The van der Waals surface area contributed by atoms with Crippen LogP contribution in [0.5, 0.6) is 0 Å². The van der Waals surface area contributed by atoms with Crippen molar-refractivity contribution < 1.29 is 22.8 Å². The molecule has 0 aromatic heterocycles. The summed E-state index contributed by atoms with van der Waals surface area (Å²) in [7, 11) is 1.69. The third kappa shape index (κ3) is 5.57. The normalized spacial score (nSPS) is 15.6. The fourth-order valence-electron chi connectivity index (χ4n) is 4.46. The summed E-state index contributed by atoms with van der Waals surface area (Å²) in [5.41, 5.74) is 2.65. The number of amides is 2. The summed E-state index contributed by atoms with van der Waals surface area (Å²) in [5.74, 6) is -1.88. The largest absolute Gasteiger partial charge is 0.416 e. The second kappa shape index (κ2) is 9.57. The summed E-state index contributed by atoms with van der Waals surface area (Å²) >= 11 is 0. The van der Waals surface area contributed by atoms with Gasteiger partial charge in [-0.3, -0.25) is 9.59 Å². The highest BCUT2D eigenvalue weighted by Gasteiger charge is 2.35. The third-order valence-corrected chi connectivity index (χ3v) is 6.47. The molecular weight excluding hydrogens is 429 g/mol. The molecule has 1 saturated carbocycles. The average Bonchev–Trinajstić information content (AvgIpc) is 3.58. The monoisotopic (exact) mass is 460 g/mol. The standard InChI is InChI=1S/C26H31F3N2O2/c1-6-22(17(4)25(33)31(5)23-15(2)8-7-9-16(23)3)24(32)30-21-13-19(18-10-11-18)12-20(14-21)26(27,28)29/h7-9,12-14,17-18,22H,6,10-11H2,1-5H3,(H,30,32). The Kier molecular flexibility index (Phi) is 7.20. The molecule has 0 radical (unpaired) electrons. The molecule has 7 heteroatoms. The second-order valence-electron chi connectivity index (χ2n) is 9.05. The van der Waals surface area contributed by atoms with Gasteiger partial charge in [-0.1, -0.05) is 32.0 Å². The lowest BCUT2D eigenvalue weighted by Gasteiger charge is -2.28. The van der Waals surface area contributed by atoms with Crippen molar-refractivity contribution in [1.82, 2.24) is 0 Å². The molecule has 2 unspecified atom stereocenters. The topological polar surface area (TPSA) is 49.4 Å². The fraction of sp³-hybridized carbons (Fsp3) is 0.462. The maximum Gasteiger partial charge on any atom is 0.416 e. The smallest absolute Gasteiger partial charge is 0.326 e. The van der Waals surface area contributed by atoms with Gasteiger partial charge >= 0.3 is 6.18 Å². The Balaban J connectivity index is 1.81. The first-order chi connectivity index (χ1) is 15.4. The molecule has 1 aliphatic carbocycles. The highest BCUT2D eigenvalue weighted by Crippen LogP contribution is 2.43. The summed E-state index contributed by atoms with van der Waals surface area (Å²) in [6, 6.07) is 9.51. The number of para-hydroxylation sites is 1. The second-order valence-corrected chi connectivity index (χ2v) is 9.05. The lowest BCUT2D eigenvalue weighted by molar-refractivity contribution is -0.137. The van der Waals surface area contributed by atoms with Crippen molar-refractivity contribution in [2.75, 3.05) is 17.3 Å². The molecule has 0 spiro atoms. The van der Waals surface area contributed by atoms with Crippen molar-refractivity contribution in [2.24, 2.45) is 11.8 Å². The SMILES string of the molecule is CCC(C(=O)Nc1cc(C2CC2)cc(C(F)(F)F)c1)C(C)C(=O)N(C)c1c(C)cccc1C. The fourth-order valence-corrected chi connectivity index (χ4v) is 4.46.